The summed E-state index contributed by atoms with van der Waals surface area (Å²) in [6, 6.07) is 4.78. The average molecular weight is 313 g/mol. The summed E-state index contributed by atoms with van der Waals surface area (Å²) in [6.45, 7) is 3.64. The summed E-state index contributed by atoms with van der Waals surface area (Å²) in [4.78, 5) is 16.4. The molecular weight excluding hydrogens is 295 g/mol. The summed E-state index contributed by atoms with van der Waals surface area (Å²) in [5.74, 6) is 0.210. The first-order chi connectivity index (χ1) is 9.58. The summed E-state index contributed by atoms with van der Waals surface area (Å²) in [5.41, 5.74) is 0.946. The molecule has 0 bridgehead atoms. The minimum Gasteiger partial charge on any atom is -0.316 e. The number of hydrogen-bond acceptors (Lipinski definition) is 3. The molecule has 2 heterocycles. The Kier molecular flexibility index (Phi) is 4.49. The molecule has 0 spiro atoms. The fourth-order valence-electron chi connectivity index (χ4n) is 2.39. The quantitative estimate of drug-likeness (QED) is 0.910. The standard InChI is InChI=1S/C14H17FN4O.ClH/c1-8(9-6-16-7-9)13(20)18-14-17-12-10(15)4-3-5-11(12)19(14)2;/h3-5,8-9,16H,6-7H2,1-2H3,(H,17,18,20);1H. The fraction of sp³-hybridized carbons (Fsp3) is 0.429. The first-order valence-electron chi connectivity index (χ1n) is 6.70. The number of para-hydroxylation sites is 1. The molecule has 1 aromatic heterocycles. The van der Waals surface area contributed by atoms with E-state index in [1.165, 1.54) is 6.07 Å². The van der Waals surface area contributed by atoms with Crippen LogP contribution in [-0.4, -0.2) is 28.5 Å². The number of halogens is 2. The summed E-state index contributed by atoms with van der Waals surface area (Å²) in [5, 5.41) is 5.94. The second-order valence-corrected chi connectivity index (χ2v) is 5.30. The van der Waals surface area contributed by atoms with Gasteiger partial charge in [0.15, 0.2) is 5.82 Å². The van der Waals surface area contributed by atoms with Gasteiger partial charge in [0.25, 0.3) is 0 Å². The first-order valence-corrected chi connectivity index (χ1v) is 6.70. The van der Waals surface area contributed by atoms with Gasteiger partial charge in [0.2, 0.25) is 11.9 Å². The van der Waals surface area contributed by atoms with Crippen molar-refractivity contribution in [2.45, 2.75) is 6.92 Å². The van der Waals surface area contributed by atoms with E-state index in [9.17, 15) is 9.18 Å². The molecule has 1 aliphatic rings. The highest BCUT2D eigenvalue weighted by Crippen LogP contribution is 2.22. The summed E-state index contributed by atoms with van der Waals surface area (Å²) in [7, 11) is 1.76. The van der Waals surface area contributed by atoms with Crippen molar-refractivity contribution < 1.29 is 9.18 Å². The molecule has 114 valence electrons. The van der Waals surface area contributed by atoms with Gasteiger partial charge < -0.3 is 9.88 Å². The molecule has 3 rings (SSSR count). The molecular formula is C14H18ClFN4O. The van der Waals surface area contributed by atoms with E-state index in [2.05, 4.69) is 15.6 Å². The lowest BCUT2D eigenvalue weighted by Crippen LogP contribution is -2.48. The number of aryl methyl sites for hydroxylation is 1. The molecule has 1 aliphatic heterocycles. The molecule has 1 saturated heterocycles. The maximum absolute atomic E-state index is 13.7. The maximum atomic E-state index is 13.7. The lowest BCUT2D eigenvalue weighted by molar-refractivity contribution is -0.121. The maximum Gasteiger partial charge on any atom is 0.229 e. The second-order valence-electron chi connectivity index (χ2n) is 5.30. The van der Waals surface area contributed by atoms with Crippen LogP contribution in [0.3, 0.4) is 0 Å². The van der Waals surface area contributed by atoms with Gasteiger partial charge in [-0.2, -0.15) is 0 Å². The van der Waals surface area contributed by atoms with Gasteiger partial charge in [-0.25, -0.2) is 9.37 Å². The van der Waals surface area contributed by atoms with Crippen LogP contribution >= 0.6 is 12.4 Å². The SMILES string of the molecule is CC(C(=O)Nc1nc2c(F)cccc2n1C)C1CNC1.Cl. The third kappa shape index (κ3) is 2.73. The molecule has 0 aliphatic carbocycles. The van der Waals surface area contributed by atoms with E-state index in [0.717, 1.165) is 13.1 Å². The monoisotopic (exact) mass is 312 g/mol. The van der Waals surface area contributed by atoms with Gasteiger partial charge in [-0.3, -0.25) is 10.1 Å². The smallest absolute Gasteiger partial charge is 0.229 e. The highest BCUT2D eigenvalue weighted by atomic mass is 35.5. The average Bonchev–Trinajstić information content (AvgIpc) is 2.66. The predicted octanol–water partition coefficient (Wildman–Crippen LogP) is 1.93. The highest BCUT2D eigenvalue weighted by Gasteiger charge is 2.29. The van der Waals surface area contributed by atoms with Crippen molar-refractivity contribution >= 4 is 35.3 Å². The molecule has 0 saturated carbocycles. The van der Waals surface area contributed by atoms with Crippen molar-refractivity contribution in [3.63, 3.8) is 0 Å². The fourth-order valence-corrected chi connectivity index (χ4v) is 2.39. The molecule has 7 heteroatoms. The van der Waals surface area contributed by atoms with Crippen LogP contribution in [0.4, 0.5) is 10.3 Å². The zero-order valence-electron chi connectivity index (χ0n) is 11.9. The van der Waals surface area contributed by atoms with Crippen molar-refractivity contribution in [1.29, 1.82) is 0 Å². The van der Waals surface area contributed by atoms with Crippen LogP contribution < -0.4 is 10.6 Å². The molecule has 2 N–H and O–H groups in total. The molecule has 0 radical (unpaired) electrons. The predicted molar refractivity (Wildman–Crippen MR) is 82.1 cm³/mol. The van der Waals surface area contributed by atoms with Gasteiger partial charge in [-0.05, 0) is 31.1 Å². The molecule has 1 atom stereocenters. The summed E-state index contributed by atoms with van der Waals surface area (Å²) >= 11 is 0. The van der Waals surface area contributed by atoms with Crippen LogP contribution in [0.5, 0.6) is 0 Å². The largest absolute Gasteiger partial charge is 0.316 e. The highest BCUT2D eigenvalue weighted by molar-refractivity contribution is 5.93. The van der Waals surface area contributed by atoms with Crippen molar-refractivity contribution in [2.75, 3.05) is 18.4 Å². The van der Waals surface area contributed by atoms with E-state index in [1.807, 2.05) is 6.92 Å². The Hall–Kier alpha value is -1.66. The van der Waals surface area contributed by atoms with Crippen molar-refractivity contribution in [2.24, 2.45) is 18.9 Å². The molecule has 1 fully saturated rings. The third-order valence-corrected chi connectivity index (χ3v) is 4.03. The summed E-state index contributed by atoms with van der Waals surface area (Å²) in [6.07, 6.45) is 0. The Morgan fingerprint density at radius 3 is 2.81 bits per heavy atom. The minimum absolute atomic E-state index is 0. The number of nitrogens with one attached hydrogen (secondary N) is 2. The van der Waals surface area contributed by atoms with Crippen LogP contribution in [0.2, 0.25) is 0 Å². The molecule has 1 unspecified atom stereocenters. The normalized spacial score (nSPS) is 16.1. The van der Waals surface area contributed by atoms with Crippen LogP contribution in [0, 0.1) is 17.7 Å². The number of benzene rings is 1. The van der Waals surface area contributed by atoms with E-state index in [4.69, 9.17) is 0 Å². The van der Waals surface area contributed by atoms with E-state index in [1.54, 1.807) is 23.7 Å². The number of nitrogens with zero attached hydrogens (tertiary/aromatic N) is 2. The van der Waals surface area contributed by atoms with Crippen molar-refractivity contribution in [3.05, 3.63) is 24.0 Å². The van der Waals surface area contributed by atoms with E-state index >= 15 is 0 Å². The molecule has 1 aromatic carbocycles. The van der Waals surface area contributed by atoms with E-state index < -0.39 is 0 Å². The number of rotatable bonds is 3. The van der Waals surface area contributed by atoms with Crippen molar-refractivity contribution in [1.82, 2.24) is 14.9 Å². The van der Waals surface area contributed by atoms with E-state index in [-0.39, 0.29) is 35.6 Å². The number of carbonyl (C=O) groups is 1. The van der Waals surface area contributed by atoms with E-state index in [0.29, 0.717) is 17.4 Å². The number of carbonyl (C=O) groups excluding carboxylic acids is 1. The zero-order valence-corrected chi connectivity index (χ0v) is 12.7. The Morgan fingerprint density at radius 1 is 1.52 bits per heavy atom. The van der Waals surface area contributed by atoms with Crippen LogP contribution in [-0.2, 0) is 11.8 Å². The number of hydrogen-bond donors (Lipinski definition) is 2. The molecule has 2 aromatic rings. The van der Waals surface area contributed by atoms with Gasteiger partial charge in [-0.1, -0.05) is 13.0 Å². The lowest BCUT2D eigenvalue weighted by Gasteiger charge is -2.31. The Bertz CT molecular complexity index is 668. The second kappa shape index (κ2) is 5.99. The van der Waals surface area contributed by atoms with Gasteiger partial charge in [-0.15, -0.1) is 12.4 Å². The van der Waals surface area contributed by atoms with Gasteiger partial charge in [0.05, 0.1) is 5.52 Å². The topological polar surface area (TPSA) is 59.0 Å². The molecule has 5 nitrogen and oxygen atoms in total. The third-order valence-electron chi connectivity index (χ3n) is 4.03. The molecule has 21 heavy (non-hydrogen) atoms. The van der Waals surface area contributed by atoms with Gasteiger partial charge >= 0.3 is 0 Å². The number of amides is 1. The van der Waals surface area contributed by atoms with Crippen LogP contribution in [0.1, 0.15) is 6.92 Å². The first kappa shape index (κ1) is 15.7. The van der Waals surface area contributed by atoms with Gasteiger partial charge in [0, 0.05) is 13.0 Å². The Morgan fingerprint density at radius 2 is 2.24 bits per heavy atom. The number of anilines is 1. The number of imidazole rings is 1. The Labute approximate surface area is 128 Å². The van der Waals surface area contributed by atoms with Crippen LogP contribution in [0.25, 0.3) is 11.0 Å². The lowest BCUT2D eigenvalue weighted by atomic mass is 9.88. The van der Waals surface area contributed by atoms with Crippen molar-refractivity contribution in [3.8, 4) is 0 Å². The summed E-state index contributed by atoms with van der Waals surface area (Å²) < 4.78 is 15.4. The minimum atomic E-state index is -0.380. The number of aromatic nitrogens is 2. The molecule has 1 amide bonds. The van der Waals surface area contributed by atoms with Gasteiger partial charge in [0.1, 0.15) is 5.52 Å². The Balaban J connectivity index is 0.00000161. The zero-order chi connectivity index (χ0) is 14.3. The van der Waals surface area contributed by atoms with Crippen LogP contribution in [0.15, 0.2) is 18.2 Å². The number of fused-ring (bicyclic) bond motifs is 1.